The molecule has 4 aromatic rings. The summed E-state index contributed by atoms with van der Waals surface area (Å²) in [4.78, 5) is 16.2. The number of hydrogen-bond acceptors (Lipinski definition) is 5. The Balaban J connectivity index is 1.88. The number of phenols is 1. The summed E-state index contributed by atoms with van der Waals surface area (Å²) in [7, 11) is 1.36. The van der Waals surface area contributed by atoms with E-state index in [0.29, 0.717) is 28.3 Å². The average Bonchev–Trinajstić information content (AvgIpc) is 3.08. The number of rotatable bonds is 5. The Morgan fingerprint density at radius 3 is 2.57 bits per heavy atom. The van der Waals surface area contributed by atoms with Gasteiger partial charge in [-0.25, -0.2) is 9.37 Å². The lowest BCUT2D eigenvalue weighted by molar-refractivity contribution is 0.101. The lowest BCUT2D eigenvalue weighted by Gasteiger charge is -2.11. The van der Waals surface area contributed by atoms with Gasteiger partial charge in [-0.3, -0.25) is 9.20 Å². The third-order valence-corrected chi connectivity index (χ3v) is 4.84. The largest absolute Gasteiger partial charge is 0.502 e. The monoisotopic (exact) mass is 405 g/mol. The van der Waals surface area contributed by atoms with Crippen LogP contribution in [-0.2, 0) is 0 Å². The minimum atomic E-state index is -0.797. The molecule has 0 aliphatic carbocycles. The van der Waals surface area contributed by atoms with E-state index < -0.39 is 11.6 Å². The second-order valence-electron chi connectivity index (χ2n) is 7.01. The number of carbonyl (C=O) groups excluding carboxylic acids is 1. The highest BCUT2D eigenvalue weighted by Crippen LogP contribution is 2.38. The van der Waals surface area contributed by atoms with Crippen LogP contribution < -0.4 is 10.1 Å². The van der Waals surface area contributed by atoms with Crippen LogP contribution >= 0.6 is 0 Å². The molecular formula is C23H20FN3O3. The molecular weight excluding hydrogens is 385 g/mol. The zero-order valence-corrected chi connectivity index (χ0v) is 16.7. The highest BCUT2D eigenvalue weighted by atomic mass is 19.1. The third kappa shape index (κ3) is 3.45. The molecule has 0 spiro atoms. The van der Waals surface area contributed by atoms with Crippen molar-refractivity contribution in [1.82, 2.24) is 9.38 Å². The van der Waals surface area contributed by atoms with Gasteiger partial charge < -0.3 is 15.2 Å². The zero-order valence-electron chi connectivity index (χ0n) is 16.7. The number of Topliss-reactive ketones (excluding diaryl/α,β-unsaturated/α-hetero) is 1. The van der Waals surface area contributed by atoms with Gasteiger partial charge in [0.1, 0.15) is 17.2 Å². The maximum absolute atomic E-state index is 14.3. The SMILES string of the molecule is COc1cc(-c2nc3ccc(C)cn3c2Nc2ccc(C(C)=O)cc2)cc(F)c1O. The van der Waals surface area contributed by atoms with E-state index in [4.69, 9.17) is 4.74 Å². The minimum absolute atomic E-state index is 0.0145. The van der Waals surface area contributed by atoms with Gasteiger partial charge in [-0.1, -0.05) is 6.07 Å². The van der Waals surface area contributed by atoms with Gasteiger partial charge in [-0.2, -0.15) is 0 Å². The molecule has 0 saturated heterocycles. The number of carbonyl (C=O) groups is 1. The van der Waals surface area contributed by atoms with Crippen molar-refractivity contribution >= 4 is 22.9 Å². The van der Waals surface area contributed by atoms with Crippen LogP contribution in [0.2, 0.25) is 0 Å². The molecule has 0 aliphatic rings. The summed E-state index contributed by atoms with van der Waals surface area (Å²) in [5, 5.41) is 13.2. The molecule has 7 heteroatoms. The van der Waals surface area contributed by atoms with E-state index >= 15 is 0 Å². The van der Waals surface area contributed by atoms with Gasteiger partial charge in [0.2, 0.25) is 0 Å². The fourth-order valence-electron chi connectivity index (χ4n) is 3.26. The topological polar surface area (TPSA) is 75.9 Å². The molecule has 0 amide bonds. The molecule has 2 N–H and O–H groups in total. The predicted octanol–water partition coefficient (Wildman–Crippen LogP) is 5.11. The zero-order chi connectivity index (χ0) is 21.4. The van der Waals surface area contributed by atoms with E-state index in [9.17, 15) is 14.3 Å². The van der Waals surface area contributed by atoms with Crippen LogP contribution in [-0.4, -0.2) is 27.4 Å². The number of anilines is 2. The number of methoxy groups -OCH3 is 1. The first-order chi connectivity index (χ1) is 14.4. The van der Waals surface area contributed by atoms with Crippen LogP contribution in [0, 0.1) is 12.7 Å². The second kappa shape index (κ2) is 7.51. The Bertz CT molecular complexity index is 1260. The van der Waals surface area contributed by atoms with Crippen LogP contribution in [0.25, 0.3) is 16.9 Å². The lowest BCUT2D eigenvalue weighted by atomic mass is 10.1. The van der Waals surface area contributed by atoms with E-state index in [1.54, 1.807) is 24.3 Å². The molecule has 0 radical (unpaired) electrons. The smallest absolute Gasteiger partial charge is 0.194 e. The number of aryl methyl sites for hydroxylation is 1. The second-order valence-corrected chi connectivity index (χ2v) is 7.01. The van der Waals surface area contributed by atoms with Crippen molar-refractivity contribution in [3.05, 3.63) is 71.7 Å². The fraction of sp³-hybridized carbons (Fsp3) is 0.130. The number of nitrogens with one attached hydrogen (secondary N) is 1. The fourth-order valence-corrected chi connectivity index (χ4v) is 3.26. The number of imidazole rings is 1. The Morgan fingerprint density at radius 2 is 1.90 bits per heavy atom. The molecule has 2 aromatic carbocycles. The van der Waals surface area contributed by atoms with Crippen LogP contribution in [0.5, 0.6) is 11.5 Å². The highest BCUT2D eigenvalue weighted by Gasteiger charge is 2.19. The summed E-state index contributed by atoms with van der Waals surface area (Å²) in [5.74, 6) is -0.713. The number of fused-ring (bicyclic) bond motifs is 1. The van der Waals surface area contributed by atoms with E-state index in [1.165, 1.54) is 26.2 Å². The number of benzene rings is 2. The highest BCUT2D eigenvalue weighted by molar-refractivity contribution is 5.94. The van der Waals surface area contributed by atoms with E-state index in [-0.39, 0.29) is 11.5 Å². The lowest BCUT2D eigenvalue weighted by Crippen LogP contribution is -1.99. The first-order valence-corrected chi connectivity index (χ1v) is 9.31. The molecule has 2 aromatic heterocycles. The standard InChI is InChI=1S/C23H20FN3O3/c1-13-4-9-20-26-21(16-10-18(24)22(29)19(11-16)30-3)23(27(20)12-13)25-17-7-5-15(6-8-17)14(2)28/h4-12,25,29H,1-3H3. The van der Waals surface area contributed by atoms with E-state index in [1.807, 2.05) is 29.7 Å². The molecule has 152 valence electrons. The maximum Gasteiger partial charge on any atom is 0.194 e. The molecule has 4 rings (SSSR count). The van der Waals surface area contributed by atoms with Gasteiger partial charge in [0, 0.05) is 23.0 Å². The number of nitrogens with zero attached hydrogens (tertiary/aromatic N) is 2. The number of aromatic nitrogens is 2. The van der Waals surface area contributed by atoms with Crippen molar-refractivity contribution in [3.63, 3.8) is 0 Å². The van der Waals surface area contributed by atoms with Gasteiger partial charge in [0.25, 0.3) is 0 Å². The number of halogens is 1. The van der Waals surface area contributed by atoms with Gasteiger partial charge in [0.15, 0.2) is 23.1 Å². The van der Waals surface area contributed by atoms with E-state index in [2.05, 4.69) is 10.3 Å². The molecule has 2 heterocycles. The van der Waals surface area contributed by atoms with Crippen LogP contribution in [0.4, 0.5) is 15.9 Å². The van der Waals surface area contributed by atoms with Gasteiger partial charge in [-0.15, -0.1) is 0 Å². The first kappa shape index (κ1) is 19.4. The quantitative estimate of drug-likeness (QED) is 0.451. The number of pyridine rings is 1. The molecule has 0 fully saturated rings. The Kier molecular flexibility index (Phi) is 4.87. The van der Waals surface area contributed by atoms with Crippen molar-refractivity contribution < 1.29 is 19.0 Å². The summed E-state index contributed by atoms with van der Waals surface area (Å²) in [6.07, 6.45) is 1.92. The summed E-state index contributed by atoms with van der Waals surface area (Å²) in [6, 6.07) is 13.6. The van der Waals surface area contributed by atoms with Gasteiger partial charge in [0.05, 0.1) is 7.11 Å². The minimum Gasteiger partial charge on any atom is -0.502 e. The summed E-state index contributed by atoms with van der Waals surface area (Å²) < 4.78 is 21.3. The number of aromatic hydroxyl groups is 1. The number of hydrogen-bond donors (Lipinski definition) is 2. The van der Waals surface area contributed by atoms with E-state index in [0.717, 1.165) is 11.3 Å². The third-order valence-electron chi connectivity index (χ3n) is 4.84. The Hall–Kier alpha value is -3.87. The molecule has 30 heavy (non-hydrogen) atoms. The van der Waals surface area contributed by atoms with Crippen molar-refractivity contribution in [2.24, 2.45) is 0 Å². The summed E-state index contributed by atoms with van der Waals surface area (Å²) in [5.41, 5.74) is 4.00. The van der Waals surface area contributed by atoms with Gasteiger partial charge >= 0.3 is 0 Å². The van der Waals surface area contributed by atoms with Gasteiger partial charge in [-0.05, 0) is 61.9 Å². The number of ether oxygens (including phenoxy) is 1. The van der Waals surface area contributed by atoms with Crippen molar-refractivity contribution in [1.29, 1.82) is 0 Å². The molecule has 6 nitrogen and oxygen atoms in total. The molecule has 0 saturated carbocycles. The van der Waals surface area contributed by atoms with Crippen molar-refractivity contribution in [2.75, 3.05) is 12.4 Å². The molecule has 0 bridgehead atoms. The predicted molar refractivity (Wildman–Crippen MR) is 113 cm³/mol. The maximum atomic E-state index is 14.3. The van der Waals surface area contributed by atoms with Crippen molar-refractivity contribution in [2.45, 2.75) is 13.8 Å². The number of ketones is 1. The average molecular weight is 405 g/mol. The van der Waals surface area contributed by atoms with Crippen LogP contribution in [0.15, 0.2) is 54.7 Å². The molecule has 0 unspecified atom stereocenters. The normalized spacial score (nSPS) is 10.9. The summed E-state index contributed by atoms with van der Waals surface area (Å²) in [6.45, 7) is 3.48. The first-order valence-electron chi connectivity index (χ1n) is 9.31. The molecule has 0 aliphatic heterocycles. The van der Waals surface area contributed by atoms with Crippen LogP contribution in [0.1, 0.15) is 22.8 Å². The van der Waals surface area contributed by atoms with Crippen LogP contribution in [0.3, 0.4) is 0 Å². The number of phenolic OH excluding ortho intramolecular Hbond substituents is 1. The Labute approximate surface area is 172 Å². The summed E-state index contributed by atoms with van der Waals surface area (Å²) >= 11 is 0. The molecule has 0 atom stereocenters. The van der Waals surface area contributed by atoms with Crippen molar-refractivity contribution in [3.8, 4) is 22.8 Å². The Morgan fingerprint density at radius 1 is 1.17 bits per heavy atom.